The monoisotopic (exact) mass is 485 g/mol. The zero-order chi connectivity index (χ0) is 24.7. The molecule has 1 aliphatic heterocycles. The third-order valence-electron chi connectivity index (χ3n) is 6.07. The summed E-state index contributed by atoms with van der Waals surface area (Å²) in [6.45, 7) is 4.12. The third kappa shape index (κ3) is 6.73. The molecule has 0 saturated heterocycles. The smallest absolute Gasteiger partial charge is 0.303 e. The molecule has 1 heterocycles. The molecule has 2 atom stereocenters. The van der Waals surface area contributed by atoms with Gasteiger partial charge in [0.05, 0.1) is 6.04 Å². The molecule has 2 unspecified atom stereocenters. The fourth-order valence-electron chi connectivity index (χ4n) is 4.43. The van der Waals surface area contributed by atoms with Gasteiger partial charge in [-0.2, -0.15) is 0 Å². The Hall–Kier alpha value is -3.06. The van der Waals surface area contributed by atoms with Crippen LogP contribution in [0.2, 0.25) is 5.02 Å². The van der Waals surface area contributed by atoms with Crippen molar-refractivity contribution in [2.24, 2.45) is 0 Å². The number of fused-ring (bicyclic) bond motifs is 1. The number of hydrogen-bond acceptors (Lipinski definition) is 4. The maximum atomic E-state index is 12.8. The van der Waals surface area contributed by atoms with Crippen molar-refractivity contribution in [1.29, 1.82) is 0 Å². The molecule has 182 valence electrons. The Morgan fingerprint density at radius 3 is 2.44 bits per heavy atom. The van der Waals surface area contributed by atoms with Crippen molar-refractivity contribution in [3.8, 4) is 0 Å². The van der Waals surface area contributed by atoms with Gasteiger partial charge in [0.1, 0.15) is 0 Å². The van der Waals surface area contributed by atoms with Crippen molar-refractivity contribution in [1.82, 2.24) is 5.32 Å². The minimum Gasteiger partial charge on any atom is -0.481 e. The van der Waals surface area contributed by atoms with Gasteiger partial charge in [-0.3, -0.25) is 14.4 Å². The fourth-order valence-corrected chi connectivity index (χ4v) is 4.55. The van der Waals surface area contributed by atoms with E-state index in [0.717, 1.165) is 36.2 Å². The lowest BCUT2D eigenvalue weighted by molar-refractivity contribution is -0.137. The van der Waals surface area contributed by atoms with E-state index >= 15 is 0 Å². The quantitative estimate of drug-likeness (QED) is 0.391. The van der Waals surface area contributed by atoms with Crippen LogP contribution in [0.4, 0.5) is 11.4 Å². The minimum atomic E-state index is -0.776. The van der Waals surface area contributed by atoms with E-state index in [1.807, 2.05) is 43.3 Å². The van der Waals surface area contributed by atoms with E-state index in [4.69, 9.17) is 16.7 Å². The van der Waals surface area contributed by atoms with Crippen LogP contribution in [0.1, 0.15) is 74.3 Å². The number of aliphatic carboxylic acids is 1. The number of carboxylic acid groups (broad SMARTS) is 1. The van der Waals surface area contributed by atoms with Crippen molar-refractivity contribution < 1.29 is 19.5 Å². The summed E-state index contributed by atoms with van der Waals surface area (Å²) in [5.74, 6) is -0.965. The van der Waals surface area contributed by atoms with Gasteiger partial charge in [-0.1, -0.05) is 24.4 Å². The van der Waals surface area contributed by atoms with Crippen molar-refractivity contribution in [3.05, 3.63) is 58.6 Å². The van der Waals surface area contributed by atoms with E-state index in [2.05, 4.69) is 10.6 Å². The molecule has 0 aliphatic carbocycles. The average molecular weight is 486 g/mol. The number of nitrogens with zero attached hydrogens (tertiary/aromatic N) is 1. The van der Waals surface area contributed by atoms with E-state index < -0.39 is 5.97 Å². The Balaban J connectivity index is 1.71. The standard InChI is InChI=1S/C26H32ClN3O4/c1-17-15-23(29-21-11-9-20(27)10-12-21)22-16-19(8-13-24(22)30(17)18(2)31)26(34)28-14-6-4-3-5-7-25(32)33/h8-13,16-17,23,29H,3-7,14-15H2,1-2H3,(H,28,34)(H,32,33). The van der Waals surface area contributed by atoms with Gasteiger partial charge in [0, 0.05) is 47.9 Å². The average Bonchev–Trinajstić information content (AvgIpc) is 2.79. The van der Waals surface area contributed by atoms with Gasteiger partial charge in [-0.05, 0) is 74.2 Å². The highest BCUT2D eigenvalue weighted by atomic mass is 35.5. The highest BCUT2D eigenvalue weighted by Crippen LogP contribution is 2.39. The predicted molar refractivity (Wildman–Crippen MR) is 135 cm³/mol. The number of carbonyl (C=O) groups excluding carboxylic acids is 2. The Bertz CT molecular complexity index is 1030. The second-order valence-corrected chi connectivity index (χ2v) is 9.20. The normalized spacial score (nSPS) is 17.1. The van der Waals surface area contributed by atoms with E-state index in [-0.39, 0.29) is 30.3 Å². The van der Waals surface area contributed by atoms with E-state index in [1.54, 1.807) is 17.9 Å². The largest absolute Gasteiger partial charge is 0.481 e. The number of amides is 2. The molecular weight excluding hydrogens is 454 g/mol. The number of unbranched alkanes of at least 4 members (excludes halogenated alkanes) is 3. The molecule has 3 rings (SSSR count). The van der Waals surface area contributed by atoms with Crippen molar-refractivity contribution in [2.45, 2.75) is 64.5 Å². The third-order valence-corrected chi connectivity index (χ3v) is 6.32. The molecule has 0 fully saturated rings. The fraction of sp³-hybridized carbons (Fsp3) is 0.423. The first-order valence-electron chi connectivity index (χ1n) is 11.7. The number of hydrogen-bond donors (Lipinski definition) is 3. The first kappa shape index (κ1) is 25.6. The summed E-state index contributed by atoms with van der Waals surface area (Å²) < 4.78 is 0. The summed E-state index contributed by atoms with van der Waals surface area (Å²) in [6.07, 6.45) is 4.04. The number of rotatable bonds is 10. The highest BCUT2D eigenvalue weighted by Gasteiger charge is 2.33. The molecule has 0 spiro atoms. The Morgan fingerprint density at radius 2 is 1.76 bits per heavy atom. The Kier molecular flexibility index (Phi) is 8.93. The first-order valence-corrected chi connectivity index (χ1v) is 12.1. The lowest BCUT2D eigenvalue weighted by Gasteiger charge is -2.39. The van der Waals surface area contributed by atoms with Crippen LogP contribution >= 0.6 is 11.6 Å². The molecule has 2 aromatic rings. The van der Waals surface area contributed by atoms with Crippen LogP contribution in [-0.2, 0) is 9.59 Å². The molecule has 2 amide bonds. The number of anilines is 2. The minimum absolute atomic E-state index is 0.00982. The van der Waals surface area contributed by atoms with Gasteiger partial charge in [0.15, 0.2) is 0 Å². The maximum absolute atomic E-state index is 12.8. The number of nitrogens with one attached hydrogen (secondary N) is 2. The number of carboxylic acids is 1. The summed E-state index contributed by atoms with van der Waals surface area (Å²) in [5.41, 5.74) is 3.18. The molecule has 7 nitrogen and oxygen atoms in total. The van der Waals surface area contributed by atoms with Gasteiger partial charge < -0.3 is 20.6 Å². The van der Waals surface area contributed by atoms with E-state index in [0.29, 0.717) is 30.0 Å². The lowest BCUT2D eigenvalue weighted by Crippen LogP contribution is -2.43. The Labute approximate surface area is 205 Å². The van der Waals surface area contributed by atoms with Gasteiger partial charge in [-0.25, -0.2) is 0 Å². The molecule has 3 N–H and O–H groups in total. The molecule has 0 aromatic heterocycles. The van der Waals surface area contributed by atoms with Crippen LogP contribution in [-0.4, -0.2) is 35.5 Å². The zero-order valence-electron chi connectivity index (χ0n) is 19.6. The molecule has 34 heavy (non-hydrogen) atoms. The molecule has 0 saturated carbocycles. The van der Waals surface area contributed by atoms with Crippen LogP contribution < -0.4 is 15.5 Å². The Morgan fingerprint density at radius 1 is 1.06 bits per heavy atom. The number of carbonyl (C=O) groups is 3. The summed E-state index contributed by atoms with van der Waals surface area (Å²) in [7, 11) is 0. The summed E-state index contributed by atoms with van der Waals surface area (Å²) in [5, 5.41) is 15.8. The van der Waals surface area contributed by atoms with Gasteiger partial charge >= 0.3 is 5.97 Å². The summed E-state index contributed by atoms with van der Waals surface area (Å²) in [6, 6.07) is 12.9. The van der Waals surface area contributed by atoms with Crippen molar-refractivity contribution in [2.75, 3.05) is 16.8 Å². The SMILES string of the molecule is CC(=O)N1c2ccc(C(=O)NCCCCCCC(=O)O)cc2C(Nc2ccc(Cl)cc2)CC1C. The molecule has 0 bridgehead atoms. The lowest BCUT2D eigenvalue weighted by atomic mass is 9.90. The molecule has 8 heteroatoms. The second-order valence-electron chi connectivity index (χ2n) is 8.77. The molecule has 1 aliphatic rings. The van der Waals surface area contributed by atoms with Crippen LogP contribution in [0.5, 0.6) is 0 Å². The predicted octanol–water partition coefficient (Wildman–Crippen LogP) is 5.40. The van der Waals surface area contributed by atoms with Gasteiger partial charge in [0.25, 0.3) is 5.91 Å². The summed E-state index contributed by atoms with van der Waals surface area (Å²) in [4.78, 5) is 37.5. The maximum Gasteiger partial charge on any atom is 0.303 e. The number of halogens is 1. The van der Waals surface area contributed by atoms with Crippen LogP contribution in [0.15, 0.2) is 42.5 Å². The van der Waals surface area contributed by atoms with Gasteiger partial charge in [-0.15, -0.1) is 0 Å². The summed E-state index contributed by atoms with van der Waals surface area (Å²) >= 11 is 6.02. The van der Waals surface area contributed by atoms with Crippen LogP contribution in [0.3, 0.4) is 0 Å². The topological polar surface area (TPSA) is 98.7 Å². The molecule has 0 radical (unpaired) electrons. The zero-order valence-corrected chi connectivity index (χ0v) is 20.4. The molecular formula is C26H32ClN3O4. The van der Waals surface area contributed by atoms with Crippen molar-refractivity contribution in [3.63, 3.8) is 0 Å². The number of benzene rings is 2. The van der Waals surface area contributed by atoms with E-state index in [1.165, 1.54) is 0 Å². The van der Waals surface area contributed by atoms with Crippen molar-refractivity contribution >= 4 is 40.8 Å². The molecule has 2 aromatic carbocycles. The van der Waals surface area contributed by atoms with Gasteiger partial charge in [0.2, 0.25) is 5.91 Å². The van der Waals surface area contributed by atoms with E-state index in [9.17, 15) is 14.4 Å². The second kappa shape index (κ2) is 11.9. The van der Waals surface area contributed by atoms with Crippen LogP contribution in [0, 0.1) is 0 Å². The first-order chi connectivity index (χ1) is 16.3. The van der Waals surface area contributed by atoms with Crippen LogP contribution in [0.25, 0.3) is 0 Å². The highest BCUT2D eigenvalue weighted by molar-refractivity contribution is 6.30.